The van der Waals surface area contributed by atoms with Crippen molar-refractivity contribution in [1.29, 1.82) is 0 Å². The standard InChI is InChI=1S/C30H28N2O6S/c1-21-8-15-26(16-9-21)39(37,38)31(2)20-29(34)32(25-14-17-27(30(35)36)28(33)18-25)19-22-10-12-24(13-11-22)23-6-4-3-5-7-23/h3-18,33H,19-20H2,1-2H3,(H,35,36). The minimum absolute atomic E-state index is 0.0647. The molecule has 1 amide bonds. The Morgan fingerprint density at radius 1 is 0.821 bits per heavy atom. The Hall–Kier alpha value is -4.47. The van der Waals surface area contributed by atoms with Gasteiger partial charge in [0.2, 0.25) is 15.9 Å². The summed E-state index contributed by atoms with van der Waals surface area (Å²) in [6.07, 6.45) is 0. The third kappa shape index (κ3) is 6.34. The quantitative estimate of drug-likeness (QED) is 0.309. The zero-order chi connectivity index (χ0) is 28.2. The molecule has 4 rings (SSSR count). The Balaban J connectivity index is 1.63. The number of anilines is 1. The van der Waals surface area contributed by atoms with Crippen molar-refractivity contribution in [3.63, 3.8) is 0 Å². The number of benzene rings is 4. The lowest BCUT2D eigenvalue weighted by atomic mass is 10.0. The van der Waals surface area contributed by atoms with Gasteiger partial charge in [-0.25, -0.2) is 13.2 Å². The number of phenols is 1. The van der Waals surface area contributed by atoms with E-state index in [1.54, 1.807) is 12.1 Å². The second-order valence-corrected chi connectivity index (χ2v) is 11.2. The van der Waals surface area contributed by atoms with E-state index in [4.69, 9.17) is 0 Å². The molecule has 4 aromatic carbocycles. The Kier molecular flexibility index (Phi) is 8.13. The maximum absolute atomic E-state index is 13.5. The highest BCUT2D eigenvalue weighted by Gasteiger charge is 2.27. The topological polar surface area (TPSA) is 115 Å². The van der Waals surface area contributed by atoms with Gasteiger partial charge in [-0.05, 0) is 47.9 Å². The van der Waals surface area contributed by atoms with E-state index < -0.39 is 34.2 Å². The Morgan fingerprint density at radius 3 is 2.03 bits per heavy atom. The third-order valence-corrected chi connectivity index (χ3v) is 8.13. The van der Waals surface area contributed by atoms with Crippen molar-refractivity contribution in [3.05, 3.63) is 114 Å². The van der Waals surface area contributed by atoms with Gasteiger partial charge >= 0.3 is 5.97 Å². The van der Waals surface area contributed by atoms with Crippen LogP contribution in [0.15, 0.2) is 102 Å². The monoisotopic (exact) mass is 544 g/mol. The van der Waals surface area contributed by atoms with Gasteiger partial charge in [0, 0.05) is 18.8 Å². The molecule has 9 heteroatoms. The Bertz CT molecular complexity index is 1590. The van der Waals surface area contributed by atoms with E-state index in [1.165, 1.54) is 42.3 Å². The van der Waals surface area contributed by atoms with Crippen LogP contribution in [-0.2, 0) is 21.4 Å². The highest BCUT2D eigenvalue weighted by Crippen LogP contribution is 2.28. The summed E-state index contributed by atoms with van der Waals surface area (Å²) in [6.45, 7) is 1.44. The molecule has 0 radical (unpaired) electrons. The minimum atomic E-state index is -3.94. The van der Waals surface area contributed by atoms with Crippen LogP contribution < -0.4 is 4.90 Å². The Morgan fingerprint density at radius 2 is 1.44 bits per heavy atom. The van der Waals surface area contributed by atoms with E-state index in [-0.39, 0.29) is 22.7 Å². The molecule has 0 heterocycles. The van der Waals surface area contributed by atoms with E-state index in [0.717, 1.165) is 26.6 Å². The molecular formula is C30H28N2O6S. The van der Waals surface area contributed by atoms with Gasteiger partial charge in [0.1, 0.15) is 11.3 Å². The summed E-state index contributed by atoms with van der Waals surface area (Å²) >= 11 is 0. The molecule has 0 atom stereocenters. The fourth-order valence-corrected chi connectivity index (χ4v) is 5.18. The van der Waals surface area contributed by atoms with Crippen LogP contribution in [0.3, 0.4) is 0 Å². The molecule has 0 aliphatic carbocycles. The lowest BCUT2D eigenvalue weighted by Gasteiger charge is -2.26. The number of sulfonamides is 1. The van der Waals surface area contributed by atoms with Crippen molar-refractivity contribution < 1.29 is 28.2 Å². The minimum Gasteiger partial charge on any atom is -0.507 e. The van der Waals surface area contributed by atoms with Crippen molar-refractivity contribution in [3.8, 4) is 16.9 Å². The first kappa shape index (κ1) is 27.6. The smallest absolute Gasteiger partial charge is 0.339 e. The molecule has 200 valence electrons. The number of aryl methyl sites for hydroxylation is 1. The van der Waals surface area contributed by atoms with Gasteiger partial charge in [0.05, 0.1) is 18.0 Å². The molecule has 0 aliphatic rings. The second kappa shape index (κ2) is 11.5. The summed E-state index contributed by atoms with van der Waals surface area (Å²) in [7, 11) is -2.62. The molecule has 0 aromatic heterocycles. The molecule has 0 saturated heterocycles. The molecule has 0 spiro atoms. The number of aromatic carboxylic acids is 1. The number of carboxylic acids is 1. The number of hydrogen-bond donors (Lipinski definition) is 2. The van der Waals surface area contributed by atoms with Crippen molar-refractivity contribution in [2.45, 2.75) is 18.4 Å². The van der Waals surface area contributed by atoms with Gasteiger partial charge in [-0.1, -0.05) is 72.3 Å². The normalized spacial score (nSPS) is 11.4. The van der Waals surface area contributed by atoms with Gasteiger partial charge < -0.3 is 15.1 Å². The third-order valence-electron chi connectivity index (χ3n) is 6.31. The average molecular weight is 545 g/mol. The van der Waals surface area contributed by atoms with E-state index in [2.05, 4.69) is 0 Å². The van der Waals surface area contributed by atoms with Gasteiger partial charge in [-0.15, -0.1) is 0 Å². The Labute approximate surface area is 227 Å². The van der Waals surface area contributed by atoms with Crippen LogP contribution in [0.25, 0.3) is 11.1 Å². The number of carbonyl (C=O) groups is 2. The number of rotatable bonds is 9. The van der Waals surface area contributed by atoms with Crippen LogP contribution in [-0.4, -0.2) is 48.4 Å². The average Bonchev–Trinajstić information content (AvgIpc) is 2.92. The van der Waals surface area contributed by atoms with Crippen LogP contribution in [0.2, 0.25) is 0 Å². The molecule has 0 fully saturated rings. The van der Waals surface area contributed by atoms with E-state index in [1.807, 2.05) is 61.5 Å². The molecule has 2 N–H and O–H groups in total. The first-order valence-electron chi connectivity index (χ1n) is 12.1. The van der Waals surface area contributed by atoms with Gasteiger partial charge in [-0.3, -0.25) is 4.79 Å². The second-order valence-electron chi connectivity index (χ2n) is 9.12. The zero-order valence-corrected chi connectivity index (χ0v) is 22.3. The first-order valence-corrected chi connectivity index (χ1v) is 13.5. The molecule has 4 aromatic rings. The lowest BCUT2D eigenvalue weighted by Crippen LogP contribution is -2.41. The van der Waals surface area contributed by atoms with E-state index in [0.29, 0.717) is 0 Å². The fourth-order valence-electron chi connectivity index (χ4n) is 4.06. The predicted molar refractivity (Wildman–Crippen MR) is 149 cm³/mol. The number of carboxylic acid groups (broad SMARTS) is 1. The highest BCUT2D eigenvalue weighted by molar-refractivity contribution is 7.89. The summed E-state index contributed by atoms with van der Waals surface area (Å²) in [6, 6.07) is 27.5. The lowest BCUT2D eigenvalue weighted by molar-refractivity contribution is -0.118. The van der Waals surface area contributed by atoms with Gasteiger partial charge in [0.15, 0.2) is 0 Å². The summed E-state index contributed by atoms with van der Waals surface area (Å²) < 4.78 is 27.2. The van der Waals surface area contributed by atoms with Crippen molar-refractivity contribution in [2.75, 3.05) is 18.5 Å². The van der Waals surface area contributed by atoms with Gasteiger partial charge in [-0.2, -0.15) is 4.31 Å². The summed E-state index contributed by atoms with van der Waals surface area (Å²) in [5.74, 6) is -2.36. The first-order chi connectivity index (χ1) is 18.6. The summed E-state index contributed by atoms with van der Waals surface area (Å²) in [5.41, 5.74) is 3.61. The zero-order valence-electron chi connectivity index (χ0n) is 21.5. The largest absolute Gasteiger partial charge is 0.507 e. The number of nitrogens with zero attached hydrogens (tertiary/aromatic N) is 2. The number of likely N-dealkylation sites (N-methyl/N-ethyl adjacent to an activating group) is 1. The highest BCUT2D eigenvalue weighted by atomic mass is 32.2. The summed E-state index contributed by atoms with van der Waals surface area (Å²) in [5, 5.41) is 19.6. The fraction of sp³-hybridized carbons (Fsp3) is 0.133. The van der Waals surface area contributed by atoms with E-state index >= 15 is 0 Å². The van der Waals surface area contributed by atoms with Crippen molar-refractivity contribution in [1.82, 2.24) is 4.31 Å². The number of aromatic hydroxyl groups is 1. The van der Waals surface area contributed by atoms with Crippen LogP contribution in [0.5, 0.6) is 5.75 Å². The predicted octanol–water partition coefficient (Wildman–Crippen LogP) is 4.92. The summed E-state index contributed by atoms with van der Waals surface area (Å²) in [4.78, 5) is 26.3. The SMILES string of the molecule is Cc1ccc(S(=O)(=O)N(C)CC(=O)N(Cc2ccc(-c3ccccc3)cc2)c2ccc(C(=O)O)c(O)c2)cc1. The number of hydrogen-bond acceptors (Lipinski definition) is 5. The maximum Gasteiger partial charge on any atom is 0.339 e. The van der Waals surface area contributed by atoms with E-state index in [9.17, 15) is 28.2 Å². The molecular weight excluding hydrogens is 516 g/mol. The number of amides is 1. The molecule has 0 aliphatic heterocycles. The molecule has 0 bridgehead atoms. The molecule has 0 saturated carbocycles. The van der Waals surface area contributed by atoms with Crippen molar-refractivity contribution in [2.24, 2.45) is 0 Å². The van der Waals surface area contributed by atoms with Crippen LogP contribution in [0.4, 0.5) is 5.69 Å². The van der Waals surface area contributed by atoms with Crippen LogP contribution in [0.1, 0.15) is 21.5 Å². The van der Waals surface area contributed by atoms with Gasteiger partial charge in [0.25, 0.3) is 0 Å². The van der Waals surface area contributed by atoms with Crippen LogP contribution >= 0.6 is 0 Å². The van der Waals surface area contributed by atoms with Crippen molar-refractivity contribution >= 4 is 27.6 Å². The maximum atomic E-state index is 13.5. The van der Waals surface area contributed by atoms with Crippen LogP contribution in [0, 0.1) is 6.92 Å². The molecule has 8 nitrogen and oxygen atoms in total. The molecule has 39 heavy (non-hydrogen) atoms. The number of carbonyl (C=O) groups excluding carboxylic acids is 1. The molecule has 0 unspecified atom stereocenters.